The van der Waals surface area contributed by atoms with E-state index in [-0.39, 0.29) is 17.4 Å². The summed E-state index contributed by atoms with van der Waals surface area (Å²) in [5.74, 6) is -0.858. The maximum atomic E-state index is 13.1. The quantitative estimate of drug-likeness (QED) is 0.501. The first-order valence-electron chi connectivity index (χ1n) is 8.12. The third-order valence-electron chi connectivity index (χ3n) is 4.04. The number of aryl methyl sites for hydroxylation is 1. The predicted molar refractivity (Wildman–Crippen MR) is 100 cm³/mol. The van der Waals surface area contributed by atoms with Crippen molar-refractivity contribution in [3.63, 3.8) is 0 Å². The molecule has 1 aliphatic heterocycles. The topological polar surface area (TPSA) is 56.5 Å². The molecule has 0 radical (unpaired) electrons. The molecule has 0 saturated heterocycles. The van der Waals surface area contributed by atoms with E-state index in [0.29, 0.717) is 22.0 Å². The summed E-state index contributed by atoms with van der Waals surface area (Å²) in [5.41, 5.74) is 2.65. The first kappa shape index (κ1) is 17.2. The van der Waals surface area contributed by atoms with Crippen LogP contribution in [0.2, 0.25) is 5.15 Å². The lowest BCUT2D eigenvalue weighted by atomic mass is 10.2. The van der Waals surface area contributed by atoms with Crippen molar-refractivity contribution in [3.8, 4) is 5.69 Å². The van der Waals surface area contributed by atoms with Crippen molar-refractivity contribution in [2.24, 2.45) is 4.99 Å². The third-order valence-corrected chi connectivity index (χ3v) is 4.41. The average molecular weight is 382 g/mol. The van der Waals surface area contributed by atoms with E-state index in [2.05, 4.69) is 10.1 Å². The van der Waals surface area contributed by atoms with E-state index in [1.54, 1.807) is 17.7 Å². The lowest BCUT2D eigenvalue weighted by Crippen LogP contribution is -2.05. The molecule has 0 bridgehead atoms. The monoisotopic (exact) mass is 381 g/mol. The minimum Gasteiger partial charge on any atom is -0.402 e. The molecule has 1 aromatic heterocycles. The lowest BCUT2D eigenvalue weighted by Gasteiger charge is -2.01. The van der Waals surface area contributed by atoms with Gasteiger partial charge >= 0.3 is 5.97 Å². The van der Waals surface area contributed by atoms with Crippen molar-refractivity contribution in [2.75, 3.05) is 0 Å². The van der Waals surface area contributed by atoms with Crippen LogP contribution in [0.15, 0.2) is 65.3 Å². The zero-order valence-corrected chi connectivity index (χ0v) is 14.9. The van der Waals surface area contributed by atoms with Gasteiger partial charge in [0.1, 0.15) is 11.0 Å². The summed E-state index contributed by atoms with van der Waals surface area (Å²) in [6.45, 7) is 1.79. The molecule has 7 heteroatoms. The zero-order chi connectivity index (χ0) is 19.0. The van der Waals surface area contributed by atoms with Crippen LogP contribution in [0.5, 0.6) is 0 Å². The molecule has 0 spiro atoms. The fourth-order valence-corrected chi connectivity index (χ4v) is 3.00. The number of aromatic nitrogens is 2. The first-order valence-corrected chi connectivity index (χ1v) is 8.50. The second-order valence-corrected chi connectivity index (χ2v) is 6.24. The van der Waals surface area contributed by atoms with Gasteiger partial charge in [0.25, 0.3) is 0 Å². The molecule has 134 valence electrons. The Hall–Kier alpha value is -3.25. The second kappa shape index (κ2) is 6.81. The van der Waals surface area contributed by atoms with Gasteiger partial charge in [0.2, 0.25) is 5.90 Å². The number of rotatable bonds is 3. The number of esters is 1. The number of para-hydroxylation sites is 1. The minimum atomic E-state index is -0.600. The van der Waals surface area contributed by atoms with Gasteiger partial charge < -0.3 is 4.74 Å². The van der Waals surface area contributed by atoms with Crippen LogP contribution in [0, 0.1) is 12.7 Å². The van der Waals surface area contributed by atoms with E-state index in [0.717, 1.165) is 5.69 Å². The van der Waals surface area contributed by atoms with Gasteiger partial charge in [-0.3, -0.25) is 0 Å². The number of carbonyl (C=O) groups is 1. The highest BCUT2D eigenvalue weighted by molar-refractivity contribution is 6.31. The van der Waals surface area contributed by atoms with Crippen LogP contribution in [0.1, 0.15) is 16.8 Å². The normalized spacial score (nSPS) is 15.1. The van der Waals surface area contributed by atoms with Gasteiger partial charge in [-0.2, -0.15) is 5.10 Å². The van der Waals surface area contributed by atoms with Gasteiger partial charge in [0.05, 0.1) is 11.4 Å². The molecule has 5 nitrogen and oxygen atoms in total. The maximum Gasteiger partial charge on any atom is 0.363 e. The molecule has 0 amide bonds. The number of halogens is 2. The zero-order valence-electron chi connectivity index (χ0n) is 14.2. The number of aliphatic imine (C=N–C) groups is 1. The van der Waals surface area contributed by atoms with E-state index >= 15 is 0 Å². The molecule has 0 saturated carbocycles. The number of benzene rings is 2. The van der Waals surface area contributed by atoms with Gasteiger partial charge in [-0.1, -0.05) is 29.8 Å². The first-order chi connectivity index (χ1) is 13.0. The predicted octanol–water partition coefficient (Wildman–Crippen LogP) is 4.32. The Kier molecular flexibility index (Phi) is 4.33. The van der Waals surface area contributed by atoms with Crippen molar-refractivity contribution in [1.29, 1.82) is 0 Å². The SMILES string of the molecule is Cc1nn(-c2ccccc2)c(Cl)c1/C=C1\N=C(c2ccc(F)cc2)OC1=O. The fraction of sp³-hybridized carbons (Fsp3) is 0.0500. The van der Waals surface area contributed by atoms with Gasteiger partial charge in [0.15, 0.2) is 5.70 Å². The van der Waals surface area contributed by atoms with E-state index in [1.807, 2.05) is 30.3 Å². The molecule has 2 aromatic carbocycles. The van der Waals surface area contributed by atoms with Gasteiger partial charge in [-0.15, -0.1) is 0 Å². The van der Waals surface area contributed by atoms with E-state index in [4.69, 9.17) is 16.3 Å². The highest BCUT2D eigenvalue weighted by atomic mass is 35.5. The molecule has 0 fully saturated rings. The van der Waals surface area contributed by atoms with E-state index < -0.39 is 5.97 Å². The summed E-state index contributed by atoms with van der Waals surface area (Å²) in [7, 11) is 0. The summed E-state index contributed by atoms with van der Waals surface area (Å²) in [6.07, 6.45) is 1.54. The maximum absolute atomic E-state index is 13.1. The Balaban J connectivity index is 1.72. The van der Waals surface area contributed by atoms with Crippen LogP contribution in [0.4, 0.5) is 4.39 Å². The molecular weight excluding hydrogens is 369 g/mol. The molecule has 0 N–H and O–H groups in total. The van der Waals surface area contributed by atoms with Crippen LogP contribution in [-0.2, 0) is 9.53 Å². The molecule has 0 aliphatic carbocycles. The largest absolute Gasteiger partial charge is 0.402 e. The molecule has 1 aliphatic rings. The van der Waals surface area contributed by atoms with Crippen LogP contribution < -0.4 is 0 Å². The highest BCUT2D eigenvalue weighted by Crippen LogP contribution is 2.27. The van der Waals surface area contributed by atoms with Gasteiger partial charge in [0, 0.05) is 11.1 Å². The number of nitrogens with zero attached hydrogens (tertiary/aromatic N) is 3. The number of carbonyl (C=O) groups excluding carboxylic acids is 1. The average Bonchev–Trinajstić information content (AvgIpc) is 3.18. The summed E-state index contributed by atoms with van der Waals surface area (Å²) >= 11 is 6.47. The third kappa shape index (κ3) is 3.27. The van der Waals surface area contributed by atoms with Crippen molar-refractivity contribution >= 4 is 29.5 Å². The van der Waals surface area contributed by atoms with Crippen LogP contribution in [0.3, 0.4) is 0 Å². The van der Waals surface area contributed by atoms with Crippen molar-refractivity contribution in [3.05, 3.63) is 88.1 Å². The second-order valence-electron chi connectivity index (χ2n) is 5.88. The molecule has 0 atom stereocenters. The smallest absolute Gasteiger partial charge is 0.363 e. The summed E-state index contributed by atoms with van der Waals surface area (Å²) in [6, 6.07) is 15.0. The van der Waals surface area contributed by atoms with E-state index in [1.165, 1.54) is 24.3 Å². The van der Waals surface area contributed by atoms with Crippen LogP contribution in [0.25, 0.3) is 11.8 Å². The van der Waals surface area contributed by atoms with E-state index in [9.17, 15) is 9.18 Å². The molecular formula is C20H13ClFN3O2. The Bertz CT molecular complexity index is 1090. The summed E-state index contributed by atoms with van der Waals surface area (Å²) in [5, 5.41) is 4.80. The molecule has 0 unspecified atom stereocenters. The molecule has 27 heavy (non-hydrogen) atoms. The number of cyclic esters (lactones) is 1. The fourth-order valence-electron chi connectivity index (χ4n) is 2.68. The van der Waals surface area contributed by atoms with Crippen molar-refractivity contribution in [2.45, 2.75) is 6.92 Å². The minimum absolute atomic E-state index is 0.104. The molecule has 4 rings (SSSR count). The van der Waals surface area contributed by atoms with Crippen LogP contribution >= 0.6 is 11.6 Å². The molecule has 2 heterocycles. The van der Waals surface area contributed by atoms with Crippen molar-refractivity contribution in [1.82, 2.24) is 9.78 Å². The van der Waals surface area contributed by atoms with Gasteiger partial charge in [-0.05, 0) is 49.4 Å². The Morgan fingerprint density at radius 1 is 1.11 bits per heavy atom. The Labute approximate surface area is 159 Å². The number of hydrogen-bond donors (Lipinski definition) is 0. The molecule has 3 aromatic rings. The van der Waals surface area contributed by atoms with Gasteiger partial charge in [-0.25, -0.2) is 18.9 Å². The Morgan fingerprint density at radius 3 is 2.52 bits per heavy atom. The summed E-state index contributed by atoms with van der Waals surface area (Å²) < 4.78 is 19.8. The van der Waals surface area contributed by atoms with Crippen molar-refractivity contribution < 1.29 is 13.9 Å². The Morgan fingerprint density at radius 2 is 1.81 bits per heavy atom. The number of hydrogen-bond acceptors (Lipinski definition) is 4. The highest BCUT2D eigenvalue weighted by Gasteiger charge is 2.25. The summed E-state index contributed by atoms with van der Waals surface area (Å²) in [4.78, 5) is 16.4. The lowest BCUT2D eigenvalue weighted by molar-refractivity contribution is -0.129. The van der Waals surface area contributed by atoms with Crippen LogP contribution in [-0.4, -0.2) is 21.6 Å². The standard InChI is InChI=1S/C20H13ClFN3O2/c1-12-16(18(21)25(24-12)15-5-3-2-4-6-15)11-17-20(26)27-19(23-17)13-7-9-14(22)10-8-13/h2-11H,1H3/b17-11-. The number of ether oxygens (including phenoxy) is 1.